The molecule has 13 heavy (non-hydrogen) atoms. The van der Waals surface area contributed by atoms with E-state index in [-0.39, 0.29) is 0 Å². The molecule has 68 valence electrons. The van der Waals surface area contributed by atoms with E-state index in [9.17, 15) is 9.59 Å². The van der Waals surface area contributed by atoms with Crippen LogP contribution in [0, 0.1) is 0 Å². The van der Waals surface area contributed by atoms with Crippen LogP contribution in [0.4, 0.5) is 0 Å². The molecule has 3 nitrogen and oxygen atoms in total. The third-order valence-electron chi connectivity index (χ3n) is 1.20. The van der Waals surface area contributed by atoms with Gasteiger partial charge in [-0.2, -0.15) is 0 Å². The number of rotatable bonds is 3. The van der Waals surface area contributed by atoms with Crippen LogP contribution in [0.2, 0.25) is 0 Å². The summed E-state index contributed by atoms with van der Waals surface area (Å²) in [6.07, 6.45) is 2.52. The average Bonchev–Trinajstić information content (AvgIpc) is 2.47. The Kier molecular flexibility index (Phi) is 3.39. The third-order valence-corrected chi connectivity index (χ3v) is 2.79. The summed E-state index contributed by atoms with van der Waals surface area (Å²) in [7, 11) is 0. The molecule has 0 spiro atoms. The highest BCUT2D eigenvalue weighted by atomic mass is 79.9. The summed E-state index contributed by atoms with van der Waals surface area (Å²) >= 11 is 4.68. The van der Waals surface area contributed by atoms with Gasteiger partial charge in [0.05, 0.1) is 3.79 Å². The molecule has 0 saturated carbocycles. The summed E-state index contributed by atoms with van der Waals surface area (Å²) in [4.78, 5) is 21.6. The Hall–Kier alpha value is -0.940. The molecule has 0 amide bonds. The van der Waals surface area contributed by atoms with Crippen LogP contribution in [-0.2, 0) is 9.59 Å². The predicted octanol–water partition coefficient (Wildman–Crippen LogP) is 2.18. The highest BCUT2D eigenvalue weighted by molar-refractivity contribution is 9.11. The van der Waals surface area contributed by atoms with Crippen LogP contribution in [0.15, 0.2) is 22.0 Å². The molecule has 1 N–H and O–H groups in total. The lowest BCUT2D eigenvalue weighted by molar-refractivity contribution is -0.146. The van der Waals surface area contributed by atoms with Crippen molar-refractivity contribution in [2.24, 2.45) is 0 Å². The molecule has 1 heterocycles. The maximum absolute atomic E-state index is 10.6. The highest BCUT2D eigenvalue weighted by Gasteiger charge is 2.05. The summed E-state index contributed by atoms with van der Waals surface area (Å²) in [6, 6.07) is 3.62. The number of hydrogen-bond acceptors (Lipinski definition) is 3. The van der Waals surface area contributed by atoms with Gasteiger partial charge in [-0.1, -0.05) is 0 Å². The minimum atomic E-state index is -1.44. The van der Waals surface area contributed by atoms with Crippen molar-refractivity contribution >= 4 is 45.1 Å². The Morgan fingerprint density at radius 1 is 1.46 bits per heavy atom. The second-order valence-electron chi connectivity index (χ2n) is 2.14. The van der Waals surface area contributed by atoms with Gasteiger partial charge in [-0.3, -0.25) is 4.79 Å². The van der Waals surface area contributed by atoms with Crippen LogP contribution in [-0.4, -0.2) is 16.9 Å². The Balaban J connectivity index is 2.69. The summed E-state index contributed by atoms with van der Waals surface area (Å²) < 4.78 is 0.940. The van der Waals surface area contributed by atoms with Crippen molar-refractivity contribution in [1.29, 1.82) is 0 Å². The largest absolute Gasteiger partial charge is 0.475 e. The molecule has 0 aliphatic rings. The zero-order valence-electron chi connectivity index (χ0n) is 6.36. The lowest BCUT2D eigenvalue weighted by Crippen LogP contribution is -2.07. The van der Waals surface area contributed by atoms with Crippen molar-refractivity contribution in [3.63, 3.8) is 0 Å². The van der Waals surface area contributed by atoms with E-state index in [0.29, 0.717) is 0 Å². The first kappa shape index (κ1) is 10.1. The average molecular weight is 261 g/mol. The van der Waals surface area contributed by atoms with Gasteiger partial charge in [0.25, 0.3) is 5.78 Å². The number of carbonyl (C=O) groups is 2. The van der Waals surface area contributed by atoms with Crippen molar-refractivity contribution in [2.45, 2.75) is 0 Å². The molecule has 0 unspecified atom stereocenters. The normalized spacial score (nSPS) is 10.5. The van der Waals surface area contributed by atoms with Crippen LogP contribution in [0.3, 0.4) is 0 Å². The standard InChI is InChI=1S/C8H5BrO3S/c9-7-4-2-5(13-7)1-3-6(10)8(11)12/h1-4H,(H,11,12)/b3-1+. The molecule has 0 radical (unpaired) electrons. The fraction of sp³-hybridized carbons (Fsp3) is 0. The maximum Gasteiger partial charge on any atom is 0.376 e. The molecule has 0 saturated heterocycles. The second-order valence-corrected chi connectivity index (χ2v) is 4.64. The number of aliphatic carboxylic acids is 1. The molecule has 1 aromatic heterocycles. The van der Waals surface area contributed by atoms with Gasteiger partial charge in [-0.25, -0.2) is 4.79 Å². The van der Waals surface area contributed by atoms with Gasteiger partial charge in [-0.15, -0.1) is 11.3 Å². The number of thiophene rings is 1. The Bertz CT molecular complexity index is 367. The van der Waals surface area contributed by atoms with Crippen molar-refractivity contribution in [1.82, 2.24) is 0 Å². The number of carbonyl (C=O) groups excluding carboxylic acids is 1. The molecular weight excluding hydrogens is 256 g/mol. The number of halogens is 1. The van der Waals surface area contributed by atoms with Gasteiger partial charge in [-0.05, 0) is 40.2 Å². The van der Waals surface area contributed by atoms with Gasteiger partial charge in [0.15, 0.2) is 0 Å². The summed E-state index contributed by atoms with van der Waals surface area (Å²) in [6.45, 7) is 0. The van der Waals surface area contributed by atoms with Crippen molar-refractivity contribution in [3.8, 4) is 0 Å². The van der Waals surface area contributed by atoms with E-state index in [2.05, 4.69) is 15.9 Å². The molecule has 1 aromatic rings. The van der Waals surface area contributed by atoms with Crippen LogP contribution in [0.1, 0.15) is 4.88 Å². The Labute approximate surface area is 86.8 Å². The van der Waals surface area contributed by atoms with Crippen LogP contribution < -0.4 is 0 Å². The van der Waals surface area contributed by atoms with E-state index >= 15 is 0 Å². The van der Waals surface area contributed by atoms with Gasteiger partial charge >= 0.3 is 5.97 Å². The van der Waals surface area contributed by atoms with Crippen molar-refractivity contribution in [3.05, 3.63) is 26.9 Å². The molecule has 0 aliphatic carbocycles. The highest BCUT2D eigenvalue weighted by Crippen LogP contribution is 2.22. The predicted molar refractivity (Wildman–Crippen MR) is 53.7 cm³/mol. The SMILES string of the molecule is O=C(O)C(=O)/C=C/c1ccc(Br)s1. The van der Waals surface area contributed by atoms with Gasteiger partial charge in [0.1, 0.15) is 0 Å². The third kappa shape index (κ3) is 3.12. The summed E-state index contributed by atoms with van der Waals surface area (Å²) in [5, 5.41) is 8.26. The van der Waals surface area contributed by atoms with Crippen LogP contribution >= 0.6 is 27.3 Å². The quantitative estimate of drug-likeness (QED) is 0.670. The zero-order chi connectivity index (χ0) is 9.84. The Morgan fingerprint density at radius 3 is 2.62 bits per heavy atom. The number of carboxylic acids is 1. The minimum absolute atomic E-state index is 0.835. The van der Waals surface area contributed by atoms with Crippen LogP contribution in [0.25, 0.3) is 6.08 Å². The number of carboxylic acid groups (broad SMARTS) is 1. The zero-order valence-corrected chi connectivity index (χ0v) is 8.76. The van der Waals surface area contributed by atoms with Crippen LogP contribution in [0.5, 0.6) is 0 Å². The molecule has 5 heteroatoms. The second kappa shape index (κ2) is 4.34. The summed E-state index contributed by atoms with van der Waals surface area (Å²) in [5.74, 6) is -2.35. The summed E-state index contributed by atoms with van der Waals surface area (Å²) in [5.41, 5.74) is 0. The van der Waals surface area contributed by atoms with E-state index < -0.39 is 11.8 Å². The smallest absolute Gasteiger partial charge is 0.376 e. The van der Waals surface area contributed by atoms with E-state index in [0.717, 1.165) is 14.7 Å². The molecule has 1 rings (SSSR count). The van der Waals surface area contributed by atoms with E-state index in [4.69, 9.17) is 5.11 Å². The first-order valence-corrected chi connectivity index (χ1v) is 4.91. The van der Waals surface area contributed by atoms with E-state index in [1.54, 1.807) is 6.07 Å². The van der Waals surface area contributed by atoms with E-state index in [1.807, 2.05) is 6.07 Å². The van der Waals surface area contributed by atoms with Gasteiger partial charge < -0.3 is 5.11 Å². The van der Waals surface area contributed by atoms with Gasteiger partial charge in [0.2, 0.25) is 0 Å². The molecule has 0 atom stereocenters. The maximum atomic E-state index is 10.6. The van der Waals surface area contributed by atoms with Crippen molar-refractivity contribution in [2.75, 3.05) is 0 Å². The lowest BCUT2D eigenvalue weighted by atomic mass is 10.3. The molecule has 0 aliphatic heterocycles. The fourth-order valence-electron chi connectivity index (χ4n) is 0.647. The minimum Gasteiger partial charge on any atom is -0.475 e. The topological polar surface area (TPSA) is 54.4 Å². The number of ketones is 1. The first-order valence-electron chi connectivity index (χ1n) is 3.30. The van der Waals surface area contributed by atoms with E-state index in [1.165, 1.54) is 17.4 Å². The molecule has 0 bridgehead atoms. The lowest BCUT2D eigenvalue weighted by Gasteiger charge is -1.83. The Morgan fingerprint density at radius 2 is 2.15 bits per heavy atom. The first-order chi connectivity index (χ1) is 6.09. The monoisotopic (exact) mass is 260 g/mol. The molecule has 0 aromatic carbocycles. The van der Waals surface area contributed by atoms with Crippen molar-refractivity contribution < 1.29 is 14.7 Å². The fourth-order valence-corrected chi connectivity index (χ4v) is 1.97. The number of hydrogen-bond donors (Lipinski definition) is 1. The van der Waals surface area contributed by atoms with Gasteiger partial charge in [0, 0.05) is 4.88 Å². The molecular formula is C8H5BrO3S. The molecule has 0 fully saturated rings.